The molecule has 0 aliphatic rings. The van der Waals surface area contributed by atoms with Crippen molar-refractivity contribution in [3.63, 3.8) is 0 Å². The van der Waals surface area contributed by atoms with Gasteiger partial charge in [-0.05, 0) is 60.1 Å². The smallest absolute Gasteiger partial charge is 0.207 e. The van der Waals surface area contributed by atoms with Gasteiger partial charge in [0.25, 0.3) is 0 Å². The molecule has 2 aromatic rings. The zero-order chi connectivity index (χ0) is 17.0. The maximum Gasteiger partial charge on any atom is 0.207 e. The van der Waals surface area contributed by atoms with E-state index in [-0.39, 0.29) is 0 Å². The van der Waals surface area contributed by atoms with Gasteiger partial charge in [0.2, 0.25) is 9.84 Å². The summed E-state index contributed by atoms with van der Waals surface area (Å²) in [4.78, 5) is 0.949. The van der Waals surface area contributed by atoms with E-state index < -0.39 is 9.84 Å². The largest absolute Gasteiger partial charge is 0.218 e. The summed E-state index contributed by atoms with van der Waals surface area (Å²) in [5.74, 6) is 0. The molecule has 2 aromatic carbocycles. The number of hydrogen-bond donors (Lipinski definition) is 0. The lowest BCUT2D eigenvalue weighted by Crippen LogP contribution is -2.11. The molecule has 0 aliphatic carbocycles. The van der Waals surface area contributed by atoms with E-state index in [0.717, 1.165) is 47.9 Å². The average Bonchev–Trinajstić information content (AvgIpc) is 2.59. The van der Waals surface area contributed by atoms with Gasteiger partial charge in [-0.15, -0.1) is 0 Å². The third-order valence-corrected chi connectivity index (χ3v) is 6.43. The van der Waals surface area contributed by atoms with Gasteiger partial charge in [0, 0.05) is 0 Å². The second kappa shape index (κ2) is 7.31. The van der Waals surface area contributed by atoms with Gasteiger partial charge < -0.3 is 0 Å². The Kier molecular flexibility index (Phi) is 5.64. The van der Waals surface area contributed by atoms with Gasteiger partial charge in [-0.2, -0.15) is 0 Å². The molecule has 0 aliphatic heterocycles. The molecule has 2 rings (SSSR count). The molecule has 124 valence electrons. The molecular weight excluding hydrogens is 304 g/mol. The number of sulfone groups is 1. The Hall–Kier alpha value is -1.61. The van der Waals surface area contributed by atoms with Crippen LogP contribution in [0.25, 0.3) is 0 Å². The second-order valence-electron chi connectivity index (χ2n) is 5.71. The van der Waals surface area contributed by atoms with Gasteiger partial charge in [0.15, 0.2) is 0 Å². The summed E-state index contributed by atoms with van der Waals surface area (Å²) in [7, 11) is -3.49. The van der Waals surface area contributed by atoms with Crippen molar-refractivity contribution in [1.82, 2.24) is 0 Å². The SMILES string of the molecule is CCc1cccc(S(=O)(=O)c2cccc(CC)c2CC)c1CC. The van der Waals surface area contributed by atoms with Crippen molar-refractivity contribution in [3.05, 3.63) is 58.7 Å². The summed E-state index contributed by atoms with van der Waals surface area (Å²) in [5.41, 5.74) is 4.16. The first kappa shape index (κ1) is 17.7. The minimum absolute atomic E-state index is 0.474. The molecule has 2 nitrogen and oxygen atoms in total. The fourth-order valence-electron chi connectivity index (χ4n) is 3.31. The zero-order valence-electron chi connectivity index (χ0n) is 14.5. The first-order valence-electron chi connectivity index (χ1n) is 8.47. The van der Waals surface area contributed by atoms with Crippen LogP contribution in [0.3, 0.4) is 0 Å². The lowest BCUT2D eigenvalue weighted by atomic mass is 10.0. The Morgan fingerprint density at radius 1 is 0.652 bits per heavy atom. The third kappa shape index (κ3) is 3.20. The van der Waals surface area contributed by atoms with E-state index in [1.54, 1.807) is 12.1 Å². The maximum atomic E-state index is 13.3. The number of benzene rings is 2. The highest BCUT2D eigenvalue weighted by atomic mass is 32.2. The first-order valence-corrected chi connectivity index (χ1v) is 9.96. The minimum Gasteiger partial charge on any atom is -0.218 e. The monoisotopic (exact) mass is 330 g/mol. The summed E-state index contributed by atoms with van der Waals surface area (Å²) in [6, 6.07) is 11.3. The number of rotatable bonds is 6. The Balaban J connectivity index is 2.74. The summed E-state index contributed by atoms with van der Waals surface area (Å²) in [5, 5.41) is 0. The van der Waals surface area contributed by atoms with Crippen molar-refractivity contribution in [2.24, 2.45) is 0 Å². The van der Waals surface area contributed by atoms with Crippen LogP contribution in [0.2, 0.25) is 0 Å². The van der Waals surface area contributed by atoms with E-state index in [4.69, 9.17) is 0 Å². The average molecular weight is 330 g/mol. The molecule has 0 saturated carbocycles. The topological polar surface area (TPSA) is 34.1 Å². The van der Waals surface area contributed by atoms with E-state index in [1.807, 2.05) is 38.1 Å². The van der Waals surface area contributed by atoms with Crippen LogP contribution in [0.1, 0.15) is 49.9 Å². The number of aryl methyl sites for hydroxylation is 2. The van der Waals surface area contributed by atoms with E-state index in [0.29, 0.717) is 9.79 Å². The van der Waals surface area contributed by atoms with Crippen LogP contribution in [0.5, 0.6) is 0 Å². The predicted molar refractivity (Wildman–Crippen MR) is 95.8 cm³/mol. The van der Waals surface area contributed by atoms with E-state index in [2.05, 4.69) is 13.8 Å². The molecule has 0 N–H and O–H groups in total. The molecule has 0 atom stereocenters. The summed E-state index contributed by atoms with van der Waals surface area (Å²) < 4.78 is 26.7. The quantitative estimate of drug-likeness (QED) is 0.764. The molecule has 0 spiro atoms. The van der Waals surface area contributed by atoms with Gasteiger partial charge in [-0.1, -0.05) is 52.0 Å². The fourth-order valence-corrected chi connectivity index (χ4v) is 5.26. The summed E-state index contributed by atoms with van der Waals surface area (Å²) in [6.07, 6.45) is 3.16. The minimum atomic E-state index is -3.49. The summed E-state index contributed by atoms with van der Waals surface area (Å²) in [6.45, 7) is 8.19. The van der Waals surface area contributed by atoms with Crippen LogP contribution in [0.4, 0.5) is 0 Å². The van der Waals surface area contributed by atoms with Crippen LogP contribution in [0, 0.1) is 0 Å². The first-order chi connectivity index (χ1) is 11.0. The van der Waals surface area contributed by atoms with E-state index >= 15 is 0 Å². The van der Waals surface area contributed by atoms with Crippen molar-refractivity contribution in [3.8, 4) is 0 Å². The van der Waals surface area contributed by atoms with Crippen LogP contribution in [0.15, 0.2) is 46.2 Å². The lowest BCUT2D eigenvalue weighted by molar-refractivity contribution is 0.593. The second-order valence-corrected chi connectivity index (χ2v) is 7.59. The lowest BCUT2D eigenvalue weighted by Gasteiger charge is -2.17. The van der Waals surface area contributed by atoms with E-state index in [1.165, 1.54) is 0 Å². The molecule has 0 bridgehead atoms. The van der Waals surface area contributed by atoms with Crippen molar-refractivity contribution >= 4 is 9.84 Å². The van der Waals surface area contributed by atoms with Crippen LogP contribution < -0.4 is 0 Å². The molecule has 3 heteroatoms. The Labute approximate surface area is 140 Å². The van der Waals surface area contributed by atoms with Crippen molar-refractivity contribution in [2.75, 3.05) is 0 Å². The molecule has 0 amide bonds. The van der Waals surface area contributed by atoms with Gasteiger partial charge in [0.1, 0.15) is 0 Å². The van der Waals surface area contributed by atoms with Crippen molar-refractivity contribution < 1.29 is 8.42 Å². The highest BCUT2D eigenvalue weighted by molar-refractivity contribution is 7.91. The molecular formula is C20H26O2S. The highest BCUT2D eigenvalue weighted by Gasteiger charge is 2.25. The van der Waals surface area contributed by atoms with Gasteiger partial charge in [-0.3, -0.25) is 0 Å². The standard InChI is InChI=1S/C20H26O2S/c1-5-15-11-9-13-19(17(15)7-3)23(21,22)20-14-10-12-16(6-2)18(20)8-4/h9-14H,5-8H2,1-4H3. The molecule has 0 fully saturated rings. The molecule has 0 heterocycles. The Morgan fingerprint density at radius 3 is 1.35 bits per heavy atom. The third-order valence-electron chi connectivity index (χ3n) is 4.51. The predicted octanol–water partition coefficient (Wildman–Crippen LogP) is 4.77. The maximum absolute atomic E-state index is 13.3. The fraction of sp³-hybridized carbons (Fsp3) is 0.400. The summed E-state index contributed by atoms with van der Waals surface area (Å²) >= 11 is 0. The molecule has 0 aromatic heterocycles. The van der Waals surface area contributed by atoms with Gasteiger partial charge in [-0.25, -0.2) is 8.42 Å². The molecule has 0 saturated heterocycles. The molecule has 23 heavy (non-hydrogen) atoms. The van der Waals surface area contributed by atoms with Crippen LogP contribution in [-0.4, -0.2) is 8.42 Å². The molecule has 0 radical (unpaired) electrons. The van der Waals surface area contributed by atoms with E-state index in [9.17, 15) is 8.42 Å². The Bertz CT molecular complexity index is 728. The highest BCUT2D eigenvalue weighted by Crippen LogP contribution is 2.31. The normalized spacial score (nSPS) is 11.7. The van der Waals surface area contributed by atoms with Crippen LogP contribution >= 0.6 is 0 Å². The van der Waals surface area contributed by atoms with Gasteiger partial charge >= 0.3 is 0 Å². The van der Waals surface area contributed by atoms with Crippen molar-refractivity contribution in [2.45, 2.75) is 63.2 Å². The van der Waals surface area contributed by atoms with Crippen molar-refractivity contribution in [1.29, 1.82) is 0 Å². The van der Waals surface area contributed by atoms with Crippen LogP contribution in [-0.2, 0) is 35.5 Å². The van der Waals surface area contributed by atoms with Gasteiger partial charge in [0.05, 0.1) is 9.79 Å². The number of hydrogen-bond acceptors (Lipinski definition) is 2. The Morgan fingerprint density at radius 2 is 1.04 bits per heavy atom. The zero-order valence-corrected chi connectivity index (χ0v) is 15.3. The molecule has 0 unspecified atom stereocenters.